The number of hydrogen-bond acceptors (Lipinski definition) is 1. The van der Waals surface area contributed by atoms with Crippen LogP contribution in [0.1, 0.15) is 90.4 Å². The van der Waals surface area contributed by atoms with Crippen LogP contribution in [0.5, 0.6) is 0 Å². The third-order valence-electron chi connectivity index (χ3n) is 3.53. The SMILES string of the molecule is CCCCCC[C@@H](F)CCCCCCCCC(=O)O. The van der Waals surface area contributed by atoms with E-state index in [-0.39, 0.29) is 6.42 Å². The van der Waals surface area contributed by atoms with E-state index in [1.807, 2.05) is 0 Å². The van der Waals surface area contributed by atoms with E-state index in [2.05, 4.69) is 6.92 Å². The molecule has 0 saturated heterocycles. The molecule has 19 heavy (non-hydrogen) atoms. The number of halogens is 1. The summed E-state index contributed by atoms with van der Waals surface area (Å²) in [4.78, 5) is 10.3. The van der Waals surface area contributed by atoms with Crippen molar-refractivity contribution in [3.8, 4) is 0 Å². The molecule has 0 fully saturated rings. The zero-order valence-electron chi connectivity index (χ0n) is 12.5. The van der Waals surface area contributed by atoms with E-state index in [1.54, 1.807) is 0 Å². The van der Waals surface area contributed by atoms with Crippen LogP contribution in [0, 0.1) is 0 Å². The summed E-state index contributed by atoms with van der Waals surface area (Å²) in [5.41, 5.74) is 0. The van der Waals surface area contributed by atoms with E-state index >= 15 is 0 Å². The van der Waals surface area contributed by atoms with Crippen molar-refractivity contribution in [1.29, 1.82) is 0 Å². The van der Waals surface area contributed by atoms with Crippen molar-refractivity contribution in [2.45, 2.75) is 96.6 Å². The fourth-order valence-corrected chi connectivity index (χ4v) is 2.29. The minimum atomic E-state index is -0.705. The summed E-state index contributed by atoms with van der Waals surface area (Å²) in [7, 11) is 0. The van der Waals surface area contributed by atoms with Crippen LogP contribution in [0.2, 0.25) is 0 Å². The summed E-state index contributed by atoms with van der Waals surface area (Å²) in [6.45, 7) is 2.17. The molecule has 0 unspecified atom stereocenters. The molecule has 0 aliphatic rings. The number of carboxylic acids is 1. The molecule has 2 nitrogen and oxygen atoms in total. The maximum atomic E-state index is 13.5. The van der Waals surface area contributed by atoms with Crippen molar-refractivity contribution in [3.63, 3.8) is 0 Å². The molecule has 0 radical (unpaired) electrons. The zero-order chi connectivity index (χ0) is 14.3. The first-order valence-corrected chi connectivity index (χ1v) is 8.02. The van der Waals surface area contributed by atoms with Crippen LogP contribution in [0.3, 0.4) is 0 Å². The van der Waals surface area contributed by atoms with Gasteiger partial charge >= 0.3 is 5.97 Å². The van der Waals surface area contributed by atoms with Gasteiger partial charge in [-0.05, 0) is 19.3 Å². The lowest BCUT2D eigenvalue weighted by molar-refractivity contribution is -0.137. The molecule has 0 aliphatic heterocycles. The van der Waals surface area contributed by atoms with Gasteiger partial charge in [-0.3, -0.25) is 4.79 Å². The Hall–Kier alpha value is -0.600. The number of unbranched alkanes of at least 4 members (excludes halogenated alkanes) is 8. The average molecular weight is 274 g/mol. The molecule has 1 atom stereocenters. The lowest BCUT2D eigenvalue weighted by Gasteiger charge is -2.07. The summed E-state index contributed by atoms with van der Waals surface area (Å²) in [5, 5.41) is 8.48. The summed E-state index contributed by atoms with van der Waals surface area (Å²) >= 11 is 0. The molecule has 1 N–H and O–H groups in total. The van der Waals surface area contributed by atoms with E-state index in [0.29, 0.717) is 6.42 Å². The molecule has 0 rings (SSSR count). The van der Waals surface area contributed by atoms with Crippen molar-refractivity contribution in [3.05, 3.63) is 0 Å². The van der Waals surface area contributed by atoms with Gasteiger partial charge in [0.15, 0.2) is 0 Å². The molecule has 0 aromatic carbocycles. The Kier molecular flexibility index (Phi) is 13.4. The predicted molar refractivity (Wildman–Crippen MR) is 78.2 cm³/mol. The number of rotatable bonds is 14. The quantitative estimate of drug-likeness (QED) is 0.425. The van der Waals surface area contributed by atoms with Crippen molar-refractivity contribution in [1.82, 2.24) is 0 Å². The molecule has 114 valence electrons. The highest BCUT2D eigenvalue weighted by atomic mass is 19.1. The van der Waals surface area contributed by atoms with E-state index in [1.165, 1.54) is 19.3 Å². The smallest absolute Gasteiger partial charge is 0.303 e. The van der Waals surface area contributed by atoms with Gasteiger partial charge < -0.3 is 5.11 Å². The van der Waals surface area contributed by atoms with Gasteiger partial charge in [0.05, 0.1) is 0 Å². The minimum Gasteiger partial charge on any atom is -0.481 e. The fourth-order valence-electron chi connectivity index (χ4n) is 2.29. The molecule has 0 bridgehead atoms. The van der Waals surface area contributed by atoms with Gasteiger partial charge in [-0.2, -0.15) is 0 Å². The first kappa shape index (κ1) is 18.4. The number of carboxylic acid groups (broad SMARTS) is 1. The molecule has 0 heterocycles. The molecule has 0 aliphatic carbocycles. The molecular weight excluding hydrogens is 243 g/mol. The number of hydrogen-bond donors (Lipinski definition) is 1. The molecule has 0 amide bonds. The van der Waals surface area contributed by atoms with E-state index in [0.717, 1.165) is 51.4 Å². The number of aliphatic carboxylic acids is 1. The third-order valence-corrected chi connectivity index (χ3v) is 3.53. The van der Waals surface area contributed by atoms with Gasteiger partial charge in [0.2, 0.25) is 0 Å². The normalized spacial score (nSPS) is 12.5. The minimum absolute atomic E-state index is 0.282. The van der Waals surface area contributed by atoms with E-state index in [9.17, 15) is 9.18 Å². The standard InChI is InChI=1S/C16H31FO2/c1-2-3-4-9-12-15(17)13-10-7-5-6-8-11-14-16(18)19/h15H,2-14H2,1H3,(H,18,19)/t15-/m1/s1. The summed E-state index contributed by atoms with van der Waals surface area (Å²) in [5.74, 6) is -0.705. The highest BCUT2D eigenvalue weighted by Crippen LogP contribution is 2.15. The second-order valence-corrected chi connectivity index (χ2v) is 5.50. The third kappa shape index (κ3) is 15.3. The Morgan fingerprint density at radius 3 is 1.89 bits per heavy atom. The highest BCUT2D eigenvalue weighted by Gasteiger charge is 2.05. The molecule has 0 aromatic heterocycles. The van der Waals surface area contributed by atoms with Crippen LogP contribution in [-0.4, -0.2) is 17.2 Å². The zero-order valence-corrected chi connectivity index (χ0v) is 12.5. The Labute approximate surface area is 117 Å². The van der Waals surface area contributed by atoms with Crippen molar-refractivity contribution in [2.24, 2.45) is 0 Å². The lowest BCUT2D eigenvalue weighted by Crippen LogP contribution is -2.00. The Morgan fingerprint density at radius 2 is 1.37 bits per heavy atom. The van der Waals surface area contributed by atoms with Crippen molar-refractivity contribution < 1.29 is 14.3 Å². The summed E-state index contributed by atoms with van der Waals surface area (Å²) < 4.78 is 13.5. The largest absolute Gasteiger partial charge is 0.481 e. The topological polar surface area (TPSA) is 37.3 Å². The first-order chi connectivity index (χ1) is 9.16. The number of alkyl halides is 1. The van der Waals surface area contributed by atoms with Crippen molar-refractivity contribution >= 4 is 5.97 Å². The second kappa shape index (κ2) is 13.8. The van der Waals surface area contributed by atoms with E-state index < -0.39 is 12.1 Å². The van der Waals surface area contributed by atoms with Crippen LogP contribution in [0.4, 0.5) is 4.39 Å². The van der Waals surface area contributed by atoms with Crippen LogP contribution >= 0.6 is 0 Å². The Bertz CT molecular complexity index is 207. The van der Waals surface area contributed by atoms with Gasteiger partial charge in [0, 0.05) is 6.42 Å². The molecule has 0 spiro atoms. The summed E-state index contributed by atoms with van der Waals surface area (Å²) in [6.07, 6.45) is 11.8. The average Bonchev–Trinajstić information content (AvgIpc) is 2.37. The van der Waals surface area contributed by atoms with Crippen LogP contribution in [0.15, 0.2) is 0 Å². The van der Waals surface area contributed by atoms with E-state index in [4.69, 9.17) is 5.11 Å². The maximum absolute atomic E-state index is 13.5. The highest BCUT2D eigenvalue weighted by molar-refractivity contribution is 5.66. The molecule has 0 saturated carbocycles. The van der Waals surface area contributed by atoms with Gasteiger partial charge in [-0.25, -0.2) is 4.39 Å². The monoisotopic (exact) mass is 274 g/mol. The molecule has 0 aromatic rings. The Morgan fingerprint density at radius 1 is 0.895 bits per heavy atom. The maximum Gasteiger partial charge on any atom is 0.303 e. The van der Waals surface area contributed by atoms with Crippen molar-refractivity contribution in [2.75, 3.05) is 0 Å². The van der Waals surface area contributed by atoms with Crippen LogP contribution < -0.4 is 0 Å². The predicted octanol–water partition coefficient (Wildman–Crippen LogP) is 5.50. The number of carbonyl (C=O) groups is 1. The van der Waals surface area contributed by atoms with Gasteiger partial charge in [-0.15, -0.1) is 0 Å². The lowest BCUT2D eigenvalue weighted by atomic mass is 10.0. The Balaban J connectivity index is 3.14. The fraction of sp³-hybridized carbons (Fsp3) is 0.938. The van der Waals surface area contributed by atoms with Gasteiger partial charge in [0.25, 0.3) is 0 Å². The molecular formula is C16H31FO2. The van der Waals surface area contributed by atoms with Gasteiger partial charge in [-0.1, -0.05) is 64.7 Å². The van der Waals surface area contributed by atoms with Gasteiger partial charge in [0.1, 0.15) is 6.17 Å². The summed E-state index contributed by atoms with van der Waals surface area (Å²) in [6, 6.07) is 0. The first-order valence-electron chi connectivity index (χ1n) is 8.02. The molecule has 3 heteroatoms. The van der Waals surface area contributed by atoms with Crippen LogP contribution in [0.25, 0.3) is 0 Å². The van der Waals surface area contributed by atoms with Crippen LogP contribution in [-0.2, 0) is 4.79 Å². The second-order valence-electron chi connectivity index (χ2n) is 5.50.